The molecule has 4 atom stereocenters. The Morgan fingerprint density at radius 2 is 1.04 bits per heavy atom. The van der Waals surface area contributed by atoms with Crippen LogP contribution < -0.4 is 15.4 Å². The summed E-state index contributed by atoms with van der Waals surface area (Å²) in [6, 6.07) is 13.5. The van der Waals surface area contributed by atoms with Crippen molar-refractivity contribution in [2.24, 2.45) is 11.8 Å². The maximum Gasteiger partial charge on any atom is 0.407 e. The number of alkyl carbamates (subject to hydrolysis) is 2. The summed E-state index contributed by atoms with van der Waals surface area (Å²) >= 11 is 0. The zero-order valence-electron chi connectivity index (χ0n) is 32.1. The molecule has 4 aromatic rings. The van der Waals surface area contributed by atoms with E-state index >= 15 is 0 Å². The minimum absolute atomic E-state index is 0.111. The first kappa shape index (κ1) is 38.9. The van der Waals surface area contributed by atoms with Crippen molar-refractivity contribution in [1.82, 2.24) is 40.4 Å². The smallest absolute Gasteiger partial charge is 0.407 e. The molecule has 4 N–H and O–H groups in total. The summed E-state index contributed by atoms with van der Waals surface area (Å²) in [6.45, 7) is 8.74. The van der Waals surface area contributed by atoms with Crippen molar-refractivity contribution >= 4 is 24.0 Å². The molecule has 4 unspecified atom stereocenters. The zero-order chi connectivity index (χ0) is 39.2. The molecule has 2 fully saturated rings. The number of imidazole rings is 2. The van der Waals surface area contributed by atoms with Crippen LogP contribution in [0.3, 0.4) is 0 Å². The van der Waals surface area contributed by atoms with Crippen LogP contribution >= 0.6 is 0 Å². The van der Waals surface area contributed by atoms with Crippen LogP contribution in [0.25, 0.3) is 22.5 Å². The quantitative estimate of drug-likeness (QED) is 0.128. The monoisotopic (exact) mass is 754 g/mol. The number of carbonyl (C=O) groups is 4. The van der Waals surface area contributed by atoms with Crippen molar-refractivity contribution in [3.8, 4) is 34.0 Å². The average molecular weight is 755 g/mol. The first-order chi connectivity index (χ1) is 26.5. The van der Waals surface area contributed by atoms with E-state index in [1.165, 1.54) is 14.2 Å². The van der Waals surface area contributed by atoms with E-state index in [0.29, 0.717) is 36.2 Å². The van der Waals surface area contributed by atoms with Gasteiger partial charge in [-0.25, -0.2) is 19.6 Å². The van der Waals surface area contributed by atoms with E-state index in [4.69, 9.17) is 14.2 Å². The van der Waals surface area contributed by atoms with Crippen molar-refractivity contribution in [3.63, 3.8) is 0 Å². The van der Waals surface area contributed by atoms with Gasteiger partial charge >= 0.3 is 12.2 Å². The molecule has 55 heavy (non-hydrogen) atoms. The van der Waals surface area contributed by atoms with Crippen LogP contribution in [-0.4, -0.2) is 93.1 Å². The second-order valence-electron chi connectivity index (χ2n) is 14.6. The second kappa shape index (κ2) is 17.1. The molecule has 2 aliphatic rings. The van der Waals surface area contributed by atoms with Gasteiger partial charge in [-0.05, 0) is 97.2 Å². The van der Waals surface area contributed by atoms with Gasteiger partial charge in [0.15, 0.2) is 0 Å². The molecule has 0 bridgehead atoms. The fourth-order valence-corrected chi connectivity index (χ4v) is 7.23. The number of hydrogen-bond donors (Lipinski definition) is 4. The van der Waals surface area contributed by atoms with Crippen molar-refractivity contribution < 1.29 is 33.4 Å². The summed E-state index contributed by atoms with van der Waals surface area (Å²) in [4.78, 5) is 70.5. The highest BCUT2D eigenvalue weighted by atomic mass is 16.5. The summed E-state index contributed by atoms with van der Waals surface area (Å²) in [5.41, 5.74) is 3.48. The Hall–Kier alpha value is -5.86. The molecule has 2 aromatic heterocycles. The summed E-state index contributed by atoms with van der Waals surface area (Å²) in [5, 5.41) is 5.37. The third-order valence-electron chi connectivity index (χ3n) is 10.2. The molecule has 0 spiro atoms. The highest BCUT2D eigenvalue weighted by Crippen LogP contribution is 2.35. The maximum atomic E-state index is 13.5. The van der Waals surface area contributed by atoms with E-state index in [2.05, 4.69) is 30.6 Å². The molecular formula is C40H50N8O7. The molecular weight excluding hydrogens is 704 g/mol. The van der Waals surface area contributed by atoms with Crippen molar-refractivity contribution in [1.29, 1.82) is 0 Å². The van der Waals surface area contributed by atoms with E-state index < -0.39 is 24.3 Å². The van der Waals surface area contributed by atoms with Crippen molar-refractivity contribution in [2.75, 3.05) is 27.3 Å². The minimum atomic E-state index is -0.695. The Balaban J connectivity index is 1.07. The Bertz CT molecular complexity index is 1820. The minimum Gasteiger partial charge on any atom is -0.457 e. The first-order valence-electron chi connectivity index (χ1n) is 18.8. The maximum absolute atomic E-state index is 13.5. The van der Waals surface area contributed by atoms with Gasteiger partial charge in [0.25, 0.3) is 0 Å². The lowest BCUT2D eigenvalue weighted by Gasteiger charge is -2.30. The SMILES string of the molecule is COC(=O)NC(C(=O)N1CCCC1c1ncc(-c2ccc(Oc3ccc(-c4cnc(C5CCCN5C(=O)C(NC(=O)OC)C(C)C)[nH]4)cc3)cc2)[nH]1)C(C)C. The van der Waals surface area contributed by atoms with Crippen molar-refractivity contribution in [2.45, 2.75) is 77.5 Å². The highest BCUT2D eigenvalue weighted by Gasteiger charge is 2.39. The van der Waals surface area contributed by atoms with E-state index in [-0.39, 0.29) is 35.7 Å². The molecule has 4 amide bonds. The third-order valence-corrected chi connectivity index (χ3v) is 10.2. The number of nitrogens with one attached hydrogen (secondary N) is 4. The Kier molecular flexibility index (Phi) is 12.1. The van der Waals surface area contributed by atoms with Gasteiger partial charge in [0, 0.05) is 13.1 Å². The molecule has 2 aliphatic heterocycles. The molecule has 4 heterocycles. The van der Waals surface area contributed by atoms with Gasteiger partial charge in [-0.15, -0.1) is 0 Å². The lowest BCUT2D eigenvalue weighted by Crippen LogP contribution is -2.51. The number of aromatic amines is 2. The number of hydrogen-bond acceptors (Lipinski definition) is 9. The number of carbonyl (C=O) groups excluding carboxylic acids is 4. The number of H-pyrrole nitrogens is 2. The molecule has 2 aromatic carbocycles. The van der Waals surface area contributed by atoms with E-state index in [9.17, 15) is 19.2 Å². The second-order valence-corrected chi connectivity index (χ2v) is 14.6. The lowest BCUT2D eigenvalue weighted by atomic mass is 10.0. The van der Waals surface area contributed by atoms with Gasteiger partial charge in [0.1, 0.15) is 35.2 Å². The molecule has 0 saturated carbocycles. The number of methoxy groups -OCH3 is 2. The van der Waals surface area contributed by atoms with Gasteiger partial charge in [0.2, 0.25) is 11.8 Å². The molecule has 292 valence electrons. The third kappa shape index (κ3) is 8.76. The summed E-state index contributed by atoms with van der Waals surface area (Å²) in [7, 11) is 2.57. The van der Waals surface area contributed by atoms with Crippen LogP contribution in [0.5, 0.6) is 11.5 Å². The van der Waals surface area contributed by atoms with Gasteiger partial charge in [-0.3, -0.25) is 9.59 Å². The van der Waals surface area contributed by atoms with Crippen LogP contribution in [0, 0.1) is 11.8 Å². The topological polar surface area (TPSA) is 184 Å². The van der Waals surface area contributed by atoms with E-state index in [1.807, 2.05) is 76.2 Å². The van der Waals surface area contributed by atoms with Gasteiger partial charge in [-0.2, -0.15) is 0 Å². The van der Waals surface area contributed by atoms with Gasteiger partial charge < -0.3 is 44.6 Å². The zero-order valence-corrected chi connectivity index (χ0v) is 32.1. The largest absolute Gasteiger partial charge is 0.457 e. The molecule has 15 nitrogen and oxygen atoms in total. The fraction of sp³-hybridized carbons (Fsp3) is 0.450. The normalized spacial score (nSPS) is 18.0. The number of nitrogens with zero attached hydrogens (tertiary/aromatic N) is 4. The molecule has 15 heteroatoms. The Morgan fingerprint density at radius 3 is 1.38 bits per heavy atom. The van der Waals surface area contributed by atoms with Crippen LogP contribution in [0.1, 0.15) is 77.1 Å². The Morgan fingerprint density at radius 1 is 0.655 bits per heavy atom. The number of rotatable bonds is 12. The van der Waals surface area contributed by atoms with Crippen LogP contribution in [0.4, 0.5) is 9.59 Å². The van der Waals surface area contributed by atoms with Crippen LogP contribution in [0.15, 0.2) is 60.9 Å². The number of benzene rings is 2. The predicted octanol–water partition coefficient (Wildman–Crippen LogP) is 6.35. The van der Waals surface area contributed by atoms with Gasteiger partial charge in [0.05, 0.1) is 50.1 Å². The highest BCUT2D eigenvalue weighted by molar-refractivity contribution is 5.87. The molecule has 2 saturated heterocycles. The van der Waals surface area contributed by atoms with Gasteiger partial charge in [-0.1, -0.05) is 27.7 Å². The molecule has 6 rings (SSSR count). The Labute approximate surface area is 320 Å². The van der Waals surface area contributed by atoms with Crippen molar-refractivity contribution in [3.05, 3.63) is 72.6 Å². The predicted molar refractivity (Wildman–Crippen MR) is 204 cm³/mol. The standard InChI is InChI=1S/C40H50N8O7/c1-23(2)33(45-39(51)53-5)37(49)47-19-7-9-31(47)35-41-21-29(43-35)25-11-15-27(16-12-25)55-28-17-13-26(14-18-28)30-22-42-36(44-30)32-10-8-20-48(32)38(50)34(24(3)4)46-40(52)54-6/h11-18,21-24,31-34H,7-10,19-20H2,1-6H3,(H,41,43)(H,42,44)(H,45,51)(H,46,52). The van der Waals surface area contributed by atoms with Crippen LogP contribution in [0.2, 0.25) is 0 Å². The molecule has 0 radical (unpaired) electrons. The summed E-state index contributed by atoms with van der Waals surface area (Å²) in [6.07, 6.45) is 5.49. The van der Waals surface area contributed by atoms with Crippen LogP contribution in [-0.2, 0) is 19.1 Å². The average Bonchev–Trinajstić information content (AvgIpc) is 4.02. The number of ether oxygens (including phenoxy) is 3. The van der Waals surface area contributed by atoms with E-state index in [0.717, 1.165) is 48.2 Å². The number of aromatic nitrogens is 4. The summed E-state index contributed by atoms with van der Waals surface area (Å²) < 4.78 is 15.6. The number of likely N-dealkylation sites (tertiary alicyclic amines) is 2. The lowest BCUT2D eigenvalue weighted by molar-refractivity contribution is -0.136. The number of amides is 4. The first-order valence-corrected chi connectivity index (χ1v) is 18.8. The van der Waals surface area contributed by atoms with E-state index in [1.54, 1.807) is 22.2 Å². The fourth-order valence-electron chi connectivity index (χ4n) is 7.23. The molecule has 0 aliphatic carbocycles. The summed E-state index contributed by atoms with van der Waals surface area (Å²) in [5.74, 6) is 2.21.